The van der Waals surface area contributed by atoms with Gasteiger partial charge in [0.05, 0.1) is 25.4 Å². The van der Waals surface area contributed by atoms with Crippen molar-refractivity contribution in [2.45, 2.75) is 53.7 Å². The summed E-state index contributed by atoms with van der Waals surface area (Å²) in [6.07, 6.45) is -0.00189. The van der Waals surface area contributed by atoms with Crippen molar-refractivity contribution in [1.29, 1.82) is 0 Å². The van der Waals surface area contributed by atoms with Gasteiger partial charge in [-0.2, -0.15) is 0 Å². The minimum absolute atomic E-state index is 0.00189. The Hall–Kier alpha value is -1.10. The lowest BCUT2D eigenvalue weighted by Crippen LogP contribution is -2.55. The number of hydrogen-bond acceptors (Lipinski definition) is 4. The number of nitrogens with zero attached hydrogens (tertiary/aromatic N) is 1. The van der Waals surface area contributed by atoms with E-state index in [0.717, 1.165) is 0 Å². The van der Waals surface area contributed by atoms with Crippen LogP contribution in [0.15, 0.2) is 0 Å². The van der Waals surface area contributed by atoms with E-state index in [2.05, 4.69) is 0 Å². The van der Waals surface area contributed by atoms with Crippen molar-refractivity contribution in [2.75, 3.05) is 19.8 Å². The van der Waals surface area contributed by atoms with Crippen LogP contribution in [0, 0.1) is 11.3 Å². The van der Waals surface area contributed by atoms with Crippen LogP contribution in [0.4, 0.5) is 0 Å². The van der Waals surface area contributed by atoms with Crippen LogP contribution in [0.3, 0.4) is 0 Å². The average molecular weight is 285 g/mol. The van der Waals surface area contributed by atoms with E-state index in [9.17, 15) is 9.59 Å². The Labute approximate surface area is 121 Å². The van der Waals surface area contributed by atoms with E-state index in [1.165, 1.54) is 0 Å². The van der Waals surface area contributed by atoms with Gasteiger partial charge >= 0.3 is 5.97 Å². The maximum absolute atomic E-state index is 12.8. The largest absolute Gasteiger partial charge is 0.465 e. The Kier molecular flexibility index (Phi) is 5.57. The molecule has 3 atom stereocenters. The molecule has 116 valence electrons. The summed E-state index contributed by atoms with van der Waals surface area (Å²) < 4.78 is 10.6. The lowest BCUT2D eigenvalue weighted by Gasteiger charge is -2.40. The maximum atomic E-state index is 12.8. The molecule has 0 aromatic rings. The first-order valence-corrected chi connectivity index (χ1v) is 7.27. The van der Waals surface area contributed by atoms with Gasteiger partial charge < -0.3 is 14.4 Å². The van der Waals surface area contributed by atoms with E-state index < -0.39 is 17.3 Å². The van der Waals surface area contributed by atoms with Crippen molar-refractivity contribution in [3.63, 3.8) is 0 Å². The highest BCUT2D eigenvalue weighted by Crippen LogP contribution is 2.30. The number of hydrogen-bond donors (Lipinski definition) is 0. The van der Waals surface area contributed by atoms with Crippen molar-refractivity contribution in [1.82, 2.24) is 4.90 Å². The summed E-state index contributed by atoms with van der Waals surface area (Å²) >= 11 is 0. The molecule has 1 heterocycles. The van der Waals surface area contributed by atoms with Gasteiger partial charge in [-0.3, -0.25) is 9.59 Å². The summed E-state index contributed by atoms with van der Waals surface area (Å²) in [4.78, 5) is 26.7. The predicted molar refractivity (Wildman–Crippen MR) is 76.2 cm³/mol. The fourth-order valence-corrected chi connectivity index (χ4v) is 2.43. The molecule has 0 saturated carbocycles. The van der Waals surface area contributed by atoms with Gasteiger partial charge in [0.1, 0.15) is 5.92 Å². The Morgan fingerprint density at radius 3 is 2.45 bits per heavy atom. The minimum atomic E-state index is -0.768. The maximum Gasteiger partial charge on any atom is 0.319 e. The van der Waals surface area contributed by atoms with Gasteiger partial charge in [-0.05, 0) is 26.2 Å². The number of esters is 1. The van der Waals surface area contributed by atoms with Crippen LogP contribution in [-0.2, 0) is 19.1 Å². The molecule has 1 amide bonds. The Balaban J connectivity index is 2.95. The van der Waals surface area contributed by atoms with E-state index in [4.69, 9.17) is 9.47 Å². The van der Waals surface area contributed by atoms with E-state index in [-0.39, 0.29) is 24.7 Å². The zero-order valence-electron chi connectivity index (χ0n) is 13.4. The summed E-state index contributed by atoms with van der Waals surface area (Å²) in [7, 11) is 0. The zero-order valence-corrected chi connectivity index (χ0v) is 13.4. The minimum Gasteiger partial charge on any atom is -0.465 e. The van der Waals surface area contributed by atoms with Crippen LogP contribution in [0.5, 0.6) is 0 Å². The molecule has 0 spiro atoms. The number of rotatable bonds is 3. The number of amides is 1. The first kappa shape index (κ1) is 17.0. The molecule has 20 heavy (non-hydrogen) atoms. The third-order valence-electron chi connectivity index (χ3n) is 3.53. The molecule has 0 aliphatic carbocycles. The standard InChI is InChI=1S/C15H27NO4/c1-7-19-14(18)12(15(4,5)6)13(17)16-8-11(3)20-9-10(16)2/h10-12H,7-9H2,1-6H3. The molecule has 5 heteroatoms. The lowest BCUT2D eigenvalue weighted by molar-refractivity contribution is -0.165. The number of carbonyl (C=O) groups excluding carboxylic acids is 2. The first-order chi connectivity index (χ1) is 9.18. The van der Waals surface area contributed by atoms with Crippen LogP contribution in [-0.4, -0.2) is 48.7 Å². The van der Waals surface area contributed by atoms with Gasteiger partial charge in [0, 0.05) is 6.54 Å². The van der Waals surface area contributed by atoms with Crippen molar-refractivity contribution < 1.29 is 19.1 Å². The van der Waals surface area contributed by atoms with E-state index in [0.29, 0.717) is 13.2 Å². The molecule has 0 aromatic carbocycles. The molecule has 0 radical (unpaired) electrons. The normalized spacial score (nSPS) is 25.2. The predicted octanol–water partition coefficient (Wildman–Crippen LogP) is 1.85. The van der Waals surface area contributed by atoms with Gasteiger partial charge in [0.15, 0.2) is 0 Å². The molecule has 0 bridgehead atoms. The molecular formula is C15H27NO4. The smallest absolute Gasteiger partial charge is 0.319 e. The van der Waals surface area contributed by atoms with Crippen LogP contribution in [0.1, 0.15) is 41.5 Å². The van der Waals surface area contributed by atoms with Crippen molar-refractivity contribution in [2.24, 2.45) is 11.3 Å². The Bertz CT molecular complexity index is 361. The second-order valence-electron chi connectivity index (χ2n) is 6.53. The highest BCUT2D eigenvalue weighted by Gasteiger charge is 2.43. The van der Waals surface area contributed by atoms with Gasteiger partial charge in [0.2, 0.25) is 5.91 Å². The molecule has 1 rings (SSSR count). The SMILES string of the molecule is CCOC(=O)C(C(=O)N1CC(C)OCC1C)C(C)(C)C. The monoisotopic (exact) mass is 285 g/mol. The van der Waals surface area contributed by atoms with Gasteiger partial charge in [-0.15, -0.1) is 0 Å². The molecule has 1 aliphatic rings. The van der Waals surface area contributed by atoms with Crippen molar-refractivity contribution in [3.05, 3.63) is 0 Å². The molecule has 0 aromatic heterocycles. The van der Waals surface area contributed by atoms with Crippen LogP contribution < -0.4 is 0 Å². The summed E-state index contributed by atoms with van der Waals surface area (Å²) in [5.41, 5.74) is -0.468. The summed E-state index contributed by atoms with van der Waals surface area (Å²) in [6.45, 7) is 12.6. The van der Waals surface area contributed by atoms with Crippen molar-refractivity contribution >= 4 is 11.9 Å². The lowest BCUT2D eigenvalue weighted by atomic mass is 9.79. The topological polar surface area (TPSA) is 55.8 Å². The molecular weight excluding hydrogens is 258 g/mol. The van der Waals surface area contributed by atoms with Crippen LogP contribution >= 0.6 is 0 Å². The second-order valence-corrected chi connectivity index (χ2v) is 6.53. The zero-order chi connectivity index (χ0) is 15.5. The first-order valence-electron chi connectivity index (χ1n) is 7.27. The number of morpholine rings is 1. The number of ether oxygens (including phenoxy) is 2. The molecule has 5 nitrogen and oxygen atoms in total. The van der Waals surface area contributed by atoms with Crippen molar-refractivity contribution in [3.8, 4) is 0 Å². The molecule has 1 saturated heterocycles. The highest BCUT2D eigenvalue weighted by atomic mass is 16.5. The fourth-order valence-electron chi connectivity index (χ4n) is 2.43. The van der Waals surface area contributed by atoms with Gasteiger partial charge in [-0.1, -0.05) is 20.8 Å². The molecule has 3 unspecified atom stereocenters. The fraction of sp³-hybridized carbons (Fsp3) is 0.867. The van der Waals surface area contributed by atoms with Gasteiger partial charge in [-0.25, -0.2) is 0 Å². The molecule has 0 N–H and O–H groups in total. The summed E-state index contributed by atoms with van der Waals surface area (Å²) in [5, 5.41) is 0. The van der Waals surface area contributed by atoms with E-state index in [1.807, 2.05) is 34.6 Å². The summed E-state index contributed by atoms with van der Waals surface area (Å²) in [5.74, 6) is -1.36. The average Bonchev–Trinajstić information content (AvgIpc) is 2.30. The van der Waals surface area contributed by atoms with Crippen LogP contribution in [0.25, 0.3) is 0 Å². The Morgan fingerprint density at radius 2 is 1.95 bits per heavy atom. The second kappa shape index (κ2) is 6.57. The van der Waals surface area contributed by atoms with E-state index in [1.54, 1.807) is 11.8 Å². The van der Waals surface area contributed by atoms with E-state index >= 15 is 0 Å². The third-order valence-corrected chi connectivity index (χ3v) is 3.53. The summed E-state index contributed by atoms with van der Waals surface area (Å²) in [6, 6.07) is -0.0158. The van der Waals surface area contributed by atoms with Crippen LogP contribution in [0.2, 0.25) is 0 Å². The van der Waals surface area contributed by atoms with Gasteiger partial charge in [0.25, 0.3) is 0 Å². The third kappa shape index (κ3) is 3.95. The Morgan fingerprint density at radius 1 is 1.35 bits per heavy atom. The molecule has 1 aliphatic heterocycles. The highest BCUT2D eigenvalue weighted by molar-refractivity contribution is 5.98. The quantitative estimate of drug-likeness (QED) is 0.586. The number of carbonyl (C=O) groups is 2. The molecule has 1 fully saturated rings.